The zero-order chi connectivity index (χ0) is 19.3. The Morgan fingerprint density at radius 3 is 2.79 bits per heavy atom. The van der Waals surface area contributed by atoms with Crippen LogP contribution >= 0.6 is 0 Å². The predicted molar refractivity (Wildman–Crippen MR) is 114 cm³/mol. The fraction of sp³-hybridized carbons (Fsp3) is 0.680. The van der Waals surface area contributed by atoms with Crippen molar-refractivity contribution in [2.24, 2.45) is 11.8 Å². The summed E-state index contributed by atoms with van der Waals surface area (Å²) in [5, 5.41) is 0. The van der Waals surface area contributed by atoms with Crippen LogP contribution in [0, 0.1) is 11.8 Å². The fourth-order valence-corrected chi connectivity index (χ4v) is 4.22. The maximum absolute atomic E-state index is 5.98. The van der Waals surface area contributed by atoms with Gasteiger partial charge in [0.1, 0.15) is 0 Å². The van der Waals surface area contributed by atoms with Gasteiger partial charge in [0, 0.05) is 13.2 Å². The van der Waals surface area contributed by atoms with Crippen LogP contribution in [0.15, 0.2) is 42.5 Å². The van der Waals surface area contributed by atoms with Gasteiger partial charge in [0.15, 0.2) is 6.29 Å². The standard InChI is InChI=1S/C25H38O3/c1(3-9-17-26-20-23-12-6-4-7-13-23)2-5-11-22-15-16-24(19-22)21-28-25-14-8-10-18-27-25/h4-7,11-13,22,24-25H,1-3,8-10,14-21H2/t22-,24+,25?/m1/s1. The van der Waals surface area contributed by atoms with Crippen molar-refractivity contribution in [3.63, 3.8) is 0 Å². The minimum Gasteiger partial charge on any atom is -0.377 e. The average molecular weight is 387 g/mol. The third-order valence-electron chi connectivity index (χ3n) is 5.92. The first-order valence-electron chi connectivity index (χ1n) is 11.4. The van der Waals surface area contributed by atoms with E-state index in [0.29, 0.717) is 0 Å². The Bertz CT molecular complexity index is 536. The van der Waals surface area contributed by atoms with Crippen LogP contribution in [0.3, 0.4) is 0 Å². The van der Waals surface area contributed by atoms with E-state index in [-0.39, 0.29) is 6.29 Å². The Hall–Kier alpha value is -1.16. The van der Waals surface area contributed by atoms with Gasteiger partial charge in [-0.15, -0.1) is 0 Å². The highest BCUT2D eigenvalue weighted by Crippen LogP contribution is 2.32. The van der Waals surface area contributed by atoms with E-state index >= 15 is 0 Å². The van der Waals surface area contributed by atoms with Crippen LogP contribution in [-0.4, -0.2) is 26.1 Å². The molecular weight excluding hydrogens is 348 g/mol. The van der Waals surface area contributed by atoms with Gasteiger partial charge in [0.25, 0.3) is 0 Å². The SMILES string of the molecule is C(=C[C@@H]1CC[C@H](COC2CCCCO2)C1)CCCCCOCc1ccccc1. The highest BCUT2D eigenvalue weighted by Gasteiger charge is 2.24. The molecule has 0 bridgehead atoms. The van der Waals surface area contributed by atoms with E-state index < -0.39 is 0 Å². The van der Waals surface area contributed by atoms with Crippen molar-refractivity contribution in [3.8, 4) is 0 Å². The first kappa shape index (κ1) is 21.5. The van der Waals surface area contributed by atoms with Crippen LogP contribution in [0.4, 0.5) is 0 Å². The Morgan fingerprint density at radius 2 is 1.93 bits per heavy atom. The predicted octanol–water partition coefficient (Wildman–Crippen LogP) is 6.28. The van der Waals surface area contributed by atoms with Gasteiger partial charge in [0.2, 0.25) is 0 Å². The highest BCUT2D eigenvalue weighted by atomic mass is 16.7. The highest BCUT2D eigenvalue weighted by molar-refractivity contribution is 5.13. The van der Waals surface area contributed by atoms with Crippen molar-refractivity contribution in [3.05, 3.63) is 48.0 Å². The van der Waals surface area contributed by atoms with Crippen LogP contribution in [0.2, 0.25) is 0 Å². The van der Waals surface area contributed by atoms with Crippen LogP contribution in [0.1, 0.15) is 69.8 Å². The van der Waals surface area contributed by atoms with Crippen LogP contribution in [0.25, 0.3) is 0 Å². The van der Waals surface area contributed by atoms with Crippen LogP contribution < -0.4 is 0 Å². The fourth-order valence-electron chi connectivity index (χ4n) is 4.22. The van der Waals surface area contributed by atoms with Gasteiger partial charge in [-0.25, -0.2) is 0 Å². The number of benzene rings is 1. The molecule has 0 radical (unpaired) electrons. The molecule has 1 saturated heterocycles. The molecule has 2 aliphatic rings. The first-order chi connectivity index (χ1) is 13.9. The summed E-state index contributed by atoms with van der Waals surface area (Å²) in [6.45, 7) is 3.37. The van der Waals surface area contributed by atoms with Gasteiger partial charge in [-0.05, 0) is 75.2 Å². The second-order valence-corrected chi connectivity index (χ2v) is 8.38. The summed E-state index contributed by atoms with van der Waals surface area (Å²) in [6.07, 6.45) is 17.3. The molecule has 3 atom stereocenters. The van der Waals surface area contributed by atoms with E-state index in [1.54, 1.807) is 0 Å². The van der Waals surface area contributed by atoms with Crippen molar-refractivity contribution in [1.29, 1.82) is 0 Å². The first-order valence-corrected chi connectivity index (χ1v) is 11.4. The lowest BCUT2D eigenvalue weighted by Crippen LogP contribution is -2.24. The van der Waals surface area contributed by atoms with E-state index in [9.17, 15) is 0 Å². The minimum atomic E-state index is 0.0695. The molecule has 3 rings (SSSR count). The van der Waals surface area contributed by atoms with Gasteiger partial charge < -0.3 is 14.2 Å². The Labute approximate surface area is 171 Å². The molecule has 1 aliphatic heterocycles. The lowest BCUT2D eigenvalue weighted by atomic mass is 10.0. The second-order valence-electron chi connectivity index (χ2n) is 8.38. The quantitative estimate of drug-likeness (QED) is 0.312. The summed E-state index contributed by atoms with van der Waals surface area (Å²) in [4.78, 5) is 0. The third-order valence-corrected chi connectivity index (χ3v) is 5.92. The van der Waals surface area contributed by atoms with Gasteiger partial charge in [0.05, 0.1) is 13.2 Å². The molecule has 1 aromatic carbocycles. The van der Waals surface area contributed by atoms with Gasteiger partial charge >= 0.3 is 0 Å². The monoisotopic (exact) mass is 386 g/mol. The largest absolute Gasteiger partial charge is 0.377 e. The molecule has 3 nitrogen and oxygen atoms in total. The number of hydrogen-bond acceptors (Lipinski definition) is 3. The van der Waals surface area contributed by atoms with Gasteiger partial charge in [-0.1, -0.05) is 48.9 Å². The Balaban J connectivity index is 1.15. The van der Waals surface area contributed by atoms with Crippen molar-refractivity contribution in [1.82, 2.24) is 0 Å². The summed E-state index contributed by atoms with van der Waals surface area (Å²) < 4.78 is 17.4. The molecule has 0 amide bonds. The molecule has 1 saturated carbocycles. The molecule has 3 heteroatoms. The molecule has 1 unspecified atom stereocenters. The van der Waals surface area contributed by atoms with Crippen molar-refractivity contribution >= 4 is 0 Å². The van der Waals surface area contributed by atoms with Gasteiger partial charge in [-0.2, -0.15) is 0 Å². The molecule has 1 heterocycles. The summed E-state index contributed by atoms with van der Waals surface area (Å²) in [6, 6.07) is 10.4. The zero-order valence-corrected chi connectivity index (χ0v) is 17.4. The van der Waals surface area contributed by atoms with E-state index in [4.69, 9.17) is 14.2 Å². The Kier molecular flexibility index (Phi) is 10.1. The van der Waals surface area contributed by atoms with Crippen LogP contribution in [-0.2, 0) is 20.8 Å². The molecule has 1 aliphatic carbocycles. The second kappa shape index (κ2) is 13.1. The van der Waals surface area contributed by atoms with E-state index in [1.165, 1.54) is 56.9 Å². The lowest BCUT2D eigenvalue weighted by Gasteiger charge is -2.24. The summed E-state index contributed by atoms with van der Waals surface area (Å²) in [5.74, 6) is 1.48. The smallest absolute Gasteiger partial charge is 0.157 e. The Morgan fingerprint density at radius 1 is 1.00 bits per heavy atom. The molecule has 156 valence electrons. The summed E-state index contributed by atoms with van der Waals surface area (Å²) >= 11 is 0. The van der Waals surface area contributed by atoms with E-state index in [1.807, 2.05) is 6.07 Å². The average Bonchev–Trinajstić information content (AvgIpc) is 3.20. The lowest BCUT2D eigenvalue weighted by molar-refractivity contribution is -0.168. The molecular formula is C25H38O3. The maximum Gasteiger partial charge on any atom is 0.157 e. The topological polar surface area (TPSA) is 27.7 Å². The normalized spacial score (nSPS) is 25.5. The molecule has 28 heavy (non-hydrogen) atoms. The number of allylic oxidation sites excluding steroid dienone is 2. The number of rotatable bonds is 12. The van der Waals surface area contributed by atoms with E-state index in [2.05, 4.69) is 36.4 Å². The molecule has 2 fully saturated rings. The van der Waals surface area contributed by atoms with Gasteiger partial charge in [-0.3, -0.25) is 0 Å². The number of ether oxygens (including phenoxy) is 3. The maximum atomic E-state index is 5.98. The van der Waals surface area contributed by atoms with Crippen molar-refractivity contribution in [2.75, 3.05) is 19.8 Å². The number of hydrogen-bond donors (Lipinski definition) is 0. The zero-order valence-electron chi connectivity index (χ0n) is 17.4. The van der Waals surface area contributed by atoms with E-state index in [0.717, 1.165) is 51.1 Å². The number of unbranched alkanes of at least 4 members (excludes halogenated alkanes) is 3. The molecule has 0 N–H and O–H groups in total. The molecule has 1 aromatic rings. The minimum absolute atomic E-state index is 0.0695. The molecule has 0 aromatic heterocycles. The van der Waals surface area contributed by atoms with Crippen LogP contribution in [0.5, 0.6) is 0 Å². The third kappa shape index (κ3) is 8.46. The van der Waals surface area contributed by atoms with Crippen molar-refractivity contribution in [2.45, 2.75) is 77.1 Å². The molecule has 0 spiro atoms. The summed E-state index contributed by atoms with van der Waals surface area (Å²) in [5.41, 5.74) is 1.26. The van der Waals surface area contributed by atoms with Crippen molar-refractivity contribution < 1.29 is 14.2 Å². The summed E-state index contributed by atoms with van der Waals surface area (Å²) in [7, 11) is 0.